The quantitative estimate of drug-likeness (QED) is 0.753. The Balaban J connectivity index is 2.10. The second kappa shape index (κ2) is 3.33. The van der Waals surface area contributed by atoms with Gasteiger partial charge in [-0.05, 0) is 31.7 Å². The van der Waals surface area contributed by atoms with Gasteiger partial charge in [-0.2, -0.15) is 0 Å². The number of aliphatic hydroxyl groups excluding tert-OH is 1. The molecule has 1 saturated carbocycles. The number of aliphatic hydroxyl groups is 1. The number of hydrogen-bond acceptors (Lipinski definition) is 3. The van der Waals surface area contributed by atoms with Crippen LogP contribution in [0, 0.1) is 5.41 Å². The molecule has 2 aliphatic rings. The highest BCUT2D eigenvalue weighted by molar-refractivity contribution is 5.86. The summed E-state index contributed by atoms with van der Waals surface area (Å²) in [5.41, 5.74) is -0.379. The molecule has 3 nitrogen and oxygen atoms in total. The Morgan fingerprint density at radius 2 is 2.06 bits per heavy atom. The van der Waals surface area contributed by atoms with Gasteiger partial charge < -0.3 is 9.84 Å². The molecule has 3 rings (SSSR count). The van der Waals surface area contributed by atoms with Crippen LogP contribution < -0.4 is 0 Å². The van der Waals surface area contributed by atoms with Gasteiger partial charge in [0.25, 0.3) is 0 Å². The Labute approximate surface area is 100 Å². The summed E-state index contributed by atoms with van der Waals surface area (Å²) in [6.45, 7) is 1.83. The molecule has 1 saturated heterocycles. The van der Waals surface area contributed by atoms with Crippen molar-refractivity contribution in [2.45, 2.75) is 37.9 Å². The zero-order chi connectivity index (χ0) is 12.1. The highest BCUT2D eigenvalue weighted by Crippen LogP contribution is 2.60. The molecule has 0 aromatic heterocycles. The van der Waals surface area contributed by atoms with E-state index in [-0.39, 0.29) is 5.97 Å². The molecule has 0 unspecified atom stereocenters. The van der Waals surface area contributed by atoms with Crippen LogP contribution in [0.25, 0.3) is 0 Å². The SMILES string of the molecule is C[C@@]12C(=O)O[C@]1(c1ccccc1)CCC[C@@H]2O. The highest BCUT2D eigenvalue weighted by Gasteiger charge is 2.71. The molecule has 3 heteroatoms. The summed E-state index contributed by atoms with van der Waals surface area (Å²) >= 11 is 0. The second-order valence-electron chi connectivity index (χ2n) is 5.19. The Bertz CT molecular complexity index is 456. The lowest BCUT2D eigenvalue weighted by Crippen LogP contribution is -2.69. The first-order chi connectivity index (χ1) is 8.11. The summed E-state index contributed by atoms with van der Waals surface area (Å²) in [7, 11) is 0. The van der Waals surface area contributed by atoms with Gasteiger partial charge in [0.05, 0.1) is 6.10 Å². The molecule has 1 heterocycles. The largest absolute Gasteiger partial charge is 0.452 e. The third-order valence-electron chi connectivity index (χ3n) is 4.44. The Morgan fingerprint density at radius 1 is 1.35 bits per heavy atom. The van der Waals surface area contributed by atoms with Gasteiger partial charge >= 0.3 is 5.97 Å². The number of fused-ring (bicyclic) bond motifs is 1. The lowest BCUT2D eigenvalue weighted by molar-refractivity contribution is -0.278. The smallest absolute Gasteiger partial charge is 0.319 e. The number of carbonyl (C=O) groups is 1. The third kappa shape index (κ3) is 1.12. The van der Waals surface area contributed by atoms with Crippen molar-refractivity contribution in [1.82, 2.24) is 0 Å². The van der Waals surface area contributed by atoms with Crippen LogP contribution in [0.5, 0.6) is 0 Å². The number of rotatable bonds is 1. The second-order valence-corrected chi connectivity index (χ2v) is 5.19. The average molecular weight is 232 g/mol. The first kappa shape index (κ1) is 10.8. The van der Waals surface area contributed by atoms with Gasteiger partial charge in [-0.3, -0.25) is 4.79 Å². The van der Waals surface area contributed by atoms with Crippen molar-refractivity contribution in [3.63, 3.8) is 0 Å². The maximum atomic E-state index is 11.8. The van der Waals surface area contributed by atoms with Crippen LogP contribution in [0.4, 0.5) is 0 Å². The number of esters is 1. The van der Waals surface area contributed by atoms with E-state index in [1.54, 1.807) is 0 Å². The van der Waals surface area contributed by atoms with Gasteiger partial charge in [0.2, 0.25) is 0 Å². The maximum Gasteiger partial charge on any atom is 0.319 e. The summed E-state index contributed by atoms with van der Waals surface area (Å²) in [6, 6.07) is 9.78. The topological polar surface area (TPSA) is 46.5 Å². The van der Waals surface area contributed by atoms with E-state index < -0.39 is 17.1 Å². The maximum absolute atomic E-state index is 11.8. The number of ether oxygens (including phenoxy) is 1. The van der Waals surface area contributed by atoms with Gasteiger partial charge in [0.15, 0.2) is 5.60 Å². The summed E-state index contributed by atoms with van der Waals surface area (Å²) in [5.74, 6) is -0.270. The molecule has 0 radical (unpaired) electrons. The van der Waals surface area contributed by atoms with Crippen LogP contribution in [0.1, 0.15) is 31.7 Å². The first-order valence-corrected chi connectivity index (χ1v) is 6.08. The lowest BCUT2D eigenvalue weighted by atomic mass is 9.56. The highest BCUT2D eigenvalue weighted by atomic mass is 16.6. The van der Waals surface area contributed by atoms with Crippen molar-refractivity contribution >= 4 is 5.97 Å². The van der Waals surface area contributed by atoms with Gasteiger partial charge in [-0.15, -0.1) is 0 Å². The van der Waals surface area contributed by atoms with Crippen LogP contribution >= 0.6 is 0 Å². The van der Waals surface area contributed by atoms with Crippen molar-refractivity contribution in [2.24, 2.45) is 5.41 Å². The molecule has 0 bridgehead atoms. The van der Waals surface area contributed by atoms with Gasteiger partial charge in [-0.1, -0.05) is 30.3 Å². The molecule has 90 valence electrons. The fourth-order valence-electron chi connectivity index (χ4n) is 3.25. The van der Waals surface area contributed by atoms with Crippen molar-refractivity contribution in [1.29, 1.82) is 0 Å². The molecular weight excluding hydrogens is 216 g/mol. The van der Waals surface area contributed by atoms with E-state index in [2.05, 4.69) is 0 Å². The van der Waals surface area contributed by atoms with E-state index >= 15 is 0 Å². The molecule has 0 amide bonds. The normalized spacial score (nSPS) is 40.1. The minimum atomic E-state index is -0.771. The van der Waals surface area contributed by atoms with Crippen LogP contribution in [0.15, 0.2) is 30.3 Å². The molecule has 0 spiro atoms. The van der Waals surface area contributed by atoms with E-state index in [4.69, 9.17) is 4.74 Å². The predicted octanol–water partition coefficient (Wildman–Crippen LogP) is 1.99. The summed E-state index contributed by atoms with van der Waals surface area (Å²) in [6.07, 6.45) is 1.77. The summed E-state index contributed by atoms with van der Waals surface area (Å²) < 4.78 is 5.49. The fourth-order valence-corrected chi connectivity index (χ4v) is 3.25. The molecule has 3 atom stereocenters. The number of hydrogen-bond donors (Lipinski definition) is 1. The minimum absolute atomic E-state index is 0.270. The Kier molecular flexibility index (Phi) is 2.11. The molecule has 17 heavy (non-hydrogen) atoms. The predicted molar refractivity (Wildman–Crippen MR) is 62.2 cm³/mol. The Hall–Kier alpha value is -1.35. The standard InChI is InChI=1S/C14H16O3/c1-13-11(15)8-5-9-14(13,17-12(13)16)10-6-3-2-4-7-10/h2-4,6-7,11,15H,5,8-9H2,1H3/t11-,13+,14-/m0/s1. The monoisotopic (exact) mass is 232 g/mol. The number of carbonyl (C=O) groups excluding carboxylic acids is 1. The van der Waals surface area contributed by atoms with Crippen LogP contribution in [0.2, 0.25) is 0 Å². The van der Waals surface area contributed by atoms with E-state index in [1.165, 1.54) is 0 Å². The van der Waals surface area contributed by atoms with Crippen molar-refractivity contribution in [3.8, 4) is 0 Å². The van der Waals surface area contributed by atoms with E-state index in [0.29, 0.717) is 6.42 Å². The molecular formula is C14H16O3. The molecule has 1 aliphatic carbocycles. The molecule has 2 fully saturated rings. The summed E-state index contributed by atoms with van der Waals surface area (Å²) in [4.78, 5) is 11.8. The van der Waals surface area contributed by atoms with Crippen molar-refractivity contribution in [2.75, 3.05) is 0 Å². The average Bonchev–Trinajstić information content (AvgIpc) is 2.36. The zero-order valence-corrected chi connectivity index (χ0v) is 9.85. The van der Waals surface area contributed by atoms with E-state index in [0.717, 1.165) is 18.4 Å². The summed E-state index contributed by atoms with van der Waals surface area (Å²) in [5, 5.41) is 10.2. The van der Waals surface area contributed by atoms with E-state index in [1.807, 2.05) is 37.3 Å². The van der Waals surface area contributed by atoms with Crippen LogP contribution in [-0.4, -0.2) is 17.2 Å². The van der Waals surface area contributed by atoms with E-state index in [9.17, 15) is 9.90 Å². The third-order valence-corrected chi connectivity index (χ3v) is 4.44. The van der Waals surface area contributed by atoms with Crippen LogP contribution in [0.3, 0.4) is 0 Å². The molecule has 1 aromatic rings. The van der Waals surface area contributed by atoms with Gasteiger partial charge in [-0.25, -0.2) is 0 Å². The first-order valence-electron chi connectivity index (χ1n) is 6.08. The Morgan fingerprint density at radius 3 is 2.71 bits per heavy atom. The van der Waals surface area contributed by atoms with Crippen LogP contribution in [-0.2, 0) is 15.1 Å². The van der Waals surface area contributed by atoms with Gasteiger partial charge in [0, 0.05) is 0 Å². The molecule has 1 N–H and O–H groups in total. The molecule has 1 aliphatic heterocycles. The minimum Gasteiger partial charge on any atom is -0.452 e. The molecule has 1 aromatic carbocycles. The van der Waals surface area contributed by atoms with Crippen molar-refractivity contribution < 1.29 is 14.6 Å². The zero-order valence-electron chi connectivity index (χ0n) is 9.85. The van der Waals surface area contributed by atoms with Gasteiger partial charge in [0.1, 0.15) is 5.41 Å². The lowest BCUT2D eigenvalue weighted by Gasteiger charge is -2.59. The fraction of sp³-hybridized carbons (Fsp3) is 0.500. The number of benzene rings is 1. The van der Waals surface area contributed by atoms with Crippen molar-refractivity contribution in [3.05, 3.63) is 35.9 Å².